The molecule has 0 atom stereocenters. The number of carbonyl (C=O) groups excluding carboxylic acids is 1. The van der Waals surface area contributed by atoms with Gasteiger partial charge in [-0.25, -0.2) is 4.79 Å². The second-order valence-electron chi connectivity index (χ2n) is 6.91. The molecule has 32 heavy (non-hydrogen) atoms. The van der Waals surface area contributed by atoms with Crippen LogP contribution in [-0.2, 0) is 4.79 Å². The van der Waals surface area contributed by atoms with E-state index in [1.54, 1.807) is 67.8 Å². The van der Waals surface area contributed by atoms with Gasteiger partial charge >= 0.3 is 5.63 Å². The van der Waals surface area contributed by atoms with Crippen molar-refractivity contribution in [1.29, 1.82) is 0 Å². The molecule has 0 bridgehead atoms. The van der Waals surface area contributed by atoms with E-state index in [0.717, 1.165) is 5.39 Å². The molecular weight excluding hydrogens is 410 g/mol. The van der Waals surface area contributed by atoms with E-state index in [1.165, 1.54) is 7.11 Å². The summed E-state index contributed by atoms with van der Waals surface area (Å²) in [6.45, 7) is -0.162. The van der Waals surface area contributed by atoms with E-state index in [-0.39, 0.29) is 12.5 Å². The highest BCUT2D eigenvalue weighted by Gasteiger charge is 2.14. The maximum atomic E-state index is 12.5. The lowest BCUT2D eigenvalue weighted by Gasteiger charge is -2.12. The summed E-state index contributed by atoms with van der Waals surface area (Å²) in [4.78, 5) is 24.8. The van der Waals surface area contributed by atoms with Gasteiger partial charge in [-0.15, -0.1) is 0 Å². The standard InChI is InChI=1S/C25H21NO6/c1-29-18-8-10-19(11-9-18)31-15-24(27)26-17-7-12-20(23(14-17)30-2)21-13-16-5-3-4-6-22(16)32-25(21)28/h3-14H,15H2,1-2H3,(H,26,27). The van der Waals surface area contributed by atoms with Crippen molar-refractivity contribution in [1.82, 2.24) is 0 Å². The molecule has 0 aliphatic rings. The minimum atomic E-state index is -0.466. The molecule has 4 aromatic rings. The Kier molecular flexibility index (Phi) is 6.07. The van der Waals surface area contributed by atoms with Gasteiger partial charge in [-0.05, 0) is 48.5 Å². The monoisotopic (exact) mass is 431 g/mol. The first kappa shape index (κ1) is 21.0. The minimum Gasteiger partial charge on any atom is -0.497 e. The fourth-order valence-corrected chi connectivity index (χ4v) is 3.26. The number of hydrogen-bond donors (Lipinski definition) is 1. The number of anilines is 1. The highest BCUT2D eigenvalue weighted by atomic mass is 16.5. The molecule has 0 aliphatic heterocycles. The average Bonchev–Trinajstić information content (AvgIpc) is 2.82. The number of nitrogens with one attached hydrogen (secondary N) is 1. The second-order valence-corrected chi connectivity index (χ2v) is 6.91. The largest absolute Gasteiger partial charge is 0.497 e. The number of fused-ring (bicyclic) bond motifs is 1. The van der Waals surface area contributed by atoms with Gasteiger partial charge < -0.3 is 23.9 Å². The third-order valence-corrected chi connectivity index (χ3v) is 4.85. The van der Waals surface area contributed by atoms with Crippen LogP contribution in [0.3, 0.4) is 0 Å². The Morgan fingerprint density at radius 3 is 2.38 bits per heavy atom. The van der Waals surface area contributed by atoms with Gasteiger partial charge in [-0.1, -0.05) is 18.2 Å². The highest BCUT2D eigenvalue weighted by molar-refractivity contribution is 5.93. The van der Waals surface area contributed by atoms with E-state index in [0.29, 0.717) is 39.6 Å². The predicted octanol–water partition coefficient (Wildman–Crippen LogP) is 4.49. The molecule has 0 radical (unpaired) electrons. The third-order valence-electron chi connectivity index (χ3n) is 4.85. The number of carbonyl (C=O) groups is 1. The zero-order chi connectivity index (χ0) is 22.5. The van der Waals surface area contributed by atoms with Crippen LogP contribution in [0.1, 0.15) is 0 Å². The Labute approximate surface area is 184 Å². The van der Waals surface area contributed by atoms with Crippen molar-refractivity contribution in [3.63, 3.8) is 0 Å². The zero-order valence-corrected chi connectivity index (χ0v) is 17.6. The highest BCUT2D eigenvalue weighted by Crippen LogP contribution is 2.32. The molecular formula is C25H21NO6. The number of para-hydroxylation sites is 1. The zero-order valence-electron chi connectivity index (χ0n) is 17.6. The average molecular weight is 431 g/mol. The molecule has 0 saturated carbocycles. The van der Waals surface area contributed by atoms with Crippen molar-refractivity contribution in [3.8, 4) is 28.4 Å². The molecule has 1 heterocycles. The SMILES string of the molecule is COc1ccc(OCC(=O)Nc2ccc(-c3cc4ccccc4oc3=O)c(OC)c2)cc1. The van der Waals surface area contributed by atoms with Crippen molar-refractivity contribution in [2.45, 2.75) is 0 Å². The lowest BCUT2D eigenvalue weighted by molar-refractivity contribution is -0.118. The number of rotatable bonds is 7. The van der Waals surface area contributed by atoms with Gasteiger partial charge in [0.2, 0.25) is 0 Å². The number of benzene rings is 3. The third kappa shape index (κ3) is 4.57. The molecule has 3 aromatic carbocycles. The number of amides is 1. The summed E-state index contributed by atoms with van der Waals surface area (Å²) in [5.41, 5.74) is 1.51. The van der Waals surface area contributed by atoms with Crippen LogP contribution in [0.25, 0.3) is 22.1 Å². The van der Waals surface area contributed by atoms with Crippen molar-refractivity contribution in [2.75, 3.05) is 26.1 Å². The van der Waals surface area contributed by atoms with Gasteiger partial charge in [0, 0.05) is 22.7 Å². The van der Waals surface area contributed by atoms with Crippen LogP contribution >= 0.6 is 0 Å². The maximum absolute atomic E-state index is 12.5. The molecule has 7 nitrogen and oxygen atoms in total. The van der Waals surface area contributed by atoms with E-state index in [1.807, 2.05) is 12.1 Å². The van der Waals surface area contributed by atoms with Crippen LogP contribution in [0, 0.1) is 0 Å². The summed E-state index contributed by atoms with van der Waals surface area (Å²) in [6.07, 6.45) is 0. The Balaban J connectivity index is 1.50. The van der Waals surface area contributed by atoms with E-state index >= 15 is 0 Å². The number of ether oxygens (including phenoxy) is 3. The van der Waals surface area contributed by atoms with Crippen LogP contribution < -0.4 is 25.2 Å². The molecule has 0 spiro atoms. The van der Waals surface area contributed by atoms with Gasteiger partial charge in [0.15, 0.2) is 6.61 Å². The summed E-state index contributed by atoms with van der Waals surface area (Å²) in [6, 6.07) is 21.0. The molecule has 4 rings (SSSR count). The quantitative estimate of drug-likeness (QED) is 0.434. The van der Waals surface area contributed by atoms with Crippen LogP contribution in [-0.4, -0.2) is 26.7 Å². The van der Waals surface area contributed by atoms with Crippen LogP contribution in [0.15, 0.2) is 82.0 Å². The van der Waals surface area contributed by atoms with Crippen molar-refractivity contribution in [3.05, 3.63) is 83.2 Å². The summed E-state index contributed by atoms with van der Waals surface area (Å²) in [5.74, 6) is 1.36. The van der Waals surface area contributed by atoms with E-state index < -0.39 is 5.63 Å². The first-order chi connectivity index (χ1) is 15.6. The summed E-state index contributed by atoms with van der Waals surface area (Å²) >= 11 is 0. The van der Waals surface area contributed by atoms with Crippen LogP contribution in [0.2, 0.25) is 0 Å². The van der Waals surface area contributed by atoms with Crippen molar-refractivity contribution in [2.24, 2.45) is 0 Å². The fraction of sp³-hybridized carbons (Fsp3) is 0.120. The van der Waals surface area contributed by atoms with Gasteiger partial charge in [-0.3, -0.25) is 4.79 Å². The summed E-state index contributed by atoms with van der Waals surface area (Å²) in [7, 11) is 3.08. The van der Waals surface area contributed by atoms with Crippen LogP contribution in [0.5, 0.6) is 17.2 Å². The van der Waals surface area contributed by atoms with Gasteiger partial charge in [0.1, 0.15) is 22.8 Å². The molecule has 0 saturated heterocycles. The molecule has 1 aromatic heterocycles. The van der Waals surface area contributed by atoms with Crippen molar-refractivity contribution < 1.29 is 23.4 Å². The molecule has 0 fully saturated rings. The Bertz CT molecular complexity index is 1310. The first-order valence-electron chi connectivity index (χ1n) is 9.85. The van der Waals surface area contributed by atoms with E-state index in [9.17, 15) is 9.59 Å². The number of hydrogen-bond acceptors (Lipinski definition) is 6. The minimum absolute atomic E-state index is 0.162. The molecule has 1 amide bonds. The Morgan fingerprint density at radius 1 is 0.875 bits per heavy atom. The van der Waals surface area contributed by atoms with Gasteiger partial charge in [-0.2, -0.15) is 0 Å². The molecule has 0 aliphatic carbocycles. The second kappa shape index (κ2) is 9.26. The van der Waals surface area contributed by atoms with Crippen LogP contribution in [0.4, 0.5) is 5.69 Å². The molecule has 162 valence electrons. The molecule has 0 unspecified atom stereocenters. The van der Waals surface area contributed by atoms with Crippen molar-refractivity contribution >= 4 is 22.6 Å². The Hall–Kier alpha value is -4.26. The van der Waals surface area contributed by atoms with Gasteiger partial charge in [0.05, 0.1) is 19.8 Å². The maximum Gasteiger partial charge on any atom is 0.344 e. The first-order valence-corrected chi connectivity index (χ1v) is 9.85. The summed E-state index contributed by atoms with van der Waals surface area (Å²) in [5, 5.41) is 3.57. The Morgan fingerprint density at radius 2 is 1.62 bits per heavy atom. The lowest BCUT2D eigenvalue weighted by atomic mass is 10.0. The lowest BCUT2D eigenvalue weighted by Crippen LogP contribution is -2.20. The van der Waals surface area contributed by atoms with E-state index in [2.05, 4.69) is 5.32 Å². The topological polar surface area (TPSA) is 87.0 Å². The molecule has 7 heteroatoms. The molecule has 1 N–H and O–H groups in total. The summed E-state index contributed by atoms with van der Waals surface area (Å²) < 4.78 is 21.5. The normalized spacial score (nSPS) is 10.6. The smallest absolute Gasteiger partial charge is 0.344 e. The van der Waals surface area contributed by atoms with Gasteiger partial charge in [0.25, 0.3) is 5.91 Å². The number of methoxy groups -OCH3 is 2. The predicted molar refractivity (Wildman–Crippen MR) is 122 cm³/mol. The van der Waals surface area contributed by atoms with E-state index in [4.69, 9.17) is 18.6 Å². The fourth-order valence-electron chi connectivity index (χ4n) is 3.26.